The maximum Gasteiger partial charge on any atom is 0.320 e. The molecular weight excluding hydrogens is 511 g/mol. The fourth-order valence-electron chi connectivity index (χ4n) is 3.70. The van der Waals surface area contributed by atoms with E-state index in [-0.39, 0.29) is 5.56 Å². The van der Waals surface area contributed by atoms with Crippen LogP contribution < -0.4 is 20.9 Å². The molecule has 1 amide bonds. The zero-order valence-corrected chi connectivity index (χ0v) is 20.2. The van der Waals surface area contributed by atoms with Gasteiger partial charge in [0.2, 0.25) is 0 Å². The molecule has 0 bridgehead atoms. The van der Waals surface area contributed by atoms with Gasteiger partial charge < -0.3 is 50.8 Å². The van der Waals surface area contributed by atoms with E-state index in [1.165, 1.54) is 29.1 Å². The summed E-state index contributed by atoms with van der Waals surface area (Å²) in [5, 5.41) is 29.5. The molecule has 1 unspecified atom stereocenters. The Labute approximate surface area is 210 Å². The van der Waals surface area contributed by atoms with Gasteiger partial charge in [-0.3, -0.25) is 14.2 Å². The molecule has 1 aliphatic rings. The topological polar surface area (TPSA) is 245 Å². The number of carbonyl (C=O) groups excluding carboxylic acids is 1. The molecule has 3 heterocycles. The molecule has 200 valence electrons. The number of primary amides is 1. The van der Waals surface area contributed by atoms with Crippen LogP contribution in [0.15, 0.2) is 55.0 Å². The Bertz CT molecular complexity index is 1300. The van der Waals surface area contributed by atoms with E-state index in [1.54, 1.807) is 0 Å². The van der Waals surface area contributed by atoms with Gasteiger partial charge in [-0.15, -0.1) is 0 Å². The maximum atomic E-state index is 11.1. The van der Waals surface area contributed by atoms with Crippen LogP contribution in [0.1, 0.15) is 22.1 Å². The number of phosphoric acid groups is 1. The molecule has 0 spiro atoms. The lowest BCUT2D eigenvalue weighted by Crippen LogP contribution is -2.46. The highest BCUT2D eigenvalue weighted by molar-refractivity contribution is 7.44. The summed E-state index contributed by atoms with van der Waals surface area (Å²) in [6.45, 7) is -0.665. The molecule has 1 saturated heterocycles. The van der Waals surface area contributed by atoms with E-state index in [1.807, 2.05) is 30.5 Å². The number of hydrogen-bond donors (Lipinski definition) is 7. The van der Waals surface area contributed by atoms with Crippen molar-refractivity contribution in [3.63, 3.8) is 0 Å². The van der Waals surface area contributed by atoms with Crippen molar-refractivity contribution in [1.82, 2.24) is 4.98 Å². The second kappa shape index (κ2) is 11.9. The van der Waals surface area contributed by atoms with E-state index in [4.69, 9.17) is 26.2 Å². The van der Waals surface area contributed by atoms with Gasteiger partial charge in [-0.2, -0.15) is 4.57 Å². The van der Waals surface area contributed by atoms with Crippen LogP contribution in [-0.2, 0) is 25.0 Å². The second-order valence-electron chi connectivity index (χ2n) is 8.22. The number of pyridine rings is 1. The third-order valence-electron chi connectivity index (χ3n) is 5.57. The number of carbonyl (C=O) groups is 2. The molecule has 1 aliphatic heterocycles. The van der Waals surface area contributed by atoms with Crippen molar-refractivity contribution in [3.8, 4) is 0 Å². The van der Waals surface area contributed by atoms with Gasteiger partial charge in [0.25, 0.3) is 20.0 Å². The van der Waals surface area contributed by atoms with Crippen molar-refractivity contribution in [2.24, 2.45) is 11.5 Å². The number of ether oxygens (including phenoxy) is 1. The molecule has 37 heavy (non-hydrogen) atoms. The molecule has 9 N–H and O–H groups in total. The molecule has 2 aromatic heterocycles. The number of nitrogens with one attached hydrogen (secondary N) is 1. The quantitative estimate of drug-likeness (QED) is 0.126. The summed E-state index contributed by atoms with van der Waals surface area (Å²) >= 11 is 0. The average Bonchev–Trinajstić information content (AvgIpc) is 3.38. The minimum Gasteiger partial charge on any atom is -0.756 e. The Morgan fingerprint density at radius 2 is 1.92 bits per heavy atom. The number of aromatic amines is 1. The summed E-state index contributed by atoms with van der Waals surface area (Å²) in [6.07, 6.45) is -0.149. The number of aromatic nitrogens is 2. The first-order valence-corrected chi connectivity index (χ1v) is 12.4. The molecule has 6 atom stereocenters. The third-order valence-corrected chi connectivity index (χ3v) is 6.05. The Kier molecular flexibility index (Phi) is 9.12. The standard InChI is InChI=1S/C11H15N2O8P.C11H12N2O2/c12-10(16)6-2-1-3-13(4-6)11-9(15)8(14)7(21-11)5-20-22(17,18)19;12-9(11(14)15)5-7-6-13-10-4-2-1-3-8(7)10/h1-4,7-9,11,14-15H,5H2,(H3-,12,16,17,18,19);1-4,6,9,13H,5,12H2,(H,14,15)/t7-,8-,9-,11-;9-/m10/s1. The molecule has 0 radical (unpaired) electrons. The van der Waals surface area contributed by atoms with Gasteiger partial charge in [0.05, 0.1) is 6.61 Å². The number of aliphatic hydroxyl groups is 2. The van der Waals surface area contributed by atoms with E-state index >= 15 is 0 Å². The van der Waals surface area contributed by atoms with Crippen LogP contribution in [0.3, 0.4) is 0 Å². The number of phosphoric ester groups is 1. The second-order valence-corrected chi connectivity index (χ2v) is 9.42. The van der Waals surface area contributed by atoms with Crippen molar-refractivity contribution < 1.29 is 53.1 Å². The molecule has 1 fully saturated rings. The Balaban J connectivity index is 0.000000220. The molecular formula is C22H27N4O10P. The summed E-state index contributed by atoms with van der Waals surface area (Å²) in [5.41, 5.74) is 12.7. The molecule has 4 rings (SSSR count). The van der Waals surface area contributed by atoms with Gasteiger partial charge in [-0.25, -0.2) is 0 Å². The first kappa shape index (κ1) is 28.4. The van der Waals surface area contributed by atoms with Crippen molar-refractivity contribution in [3.05, 3.63) is 66.1 Å². The Morgan fingerprint density at radius 3 is 2.57 bits per heavy atom. The highest BCUT2D eigenvalue weighted by atomic mass is 31.2. The highest BCUT2D eigenvalue weighted by Crippen LogP contribution is 2.33. The van der Waals surface area contributed by atoms with Crippen molar-refractivity contribution in [2.45, 2.75) is 37.0 Å². The van der Waals surface area contributed by atoms with E-state index < -0.39 is 56.9 Å². The van der Waals surface area contributed by atoms with Gasteiger partial charge >= 0.3 is 5.97 Å². The lowest BCUT2D eigenvalue weighted by molar-refractivity contribution is -0.765. The highest BCUT2D eigenvalue weighted by Gasteiger charge is 2.48. The smallest absolute Gasteiger partial charge is 0.320 e. The number of para-hydroxylation sites is 1. The summed E-state index contributed by atoms with van der Waals surface area (Å²) in [6, 6.07) is 9.86. The van der Waals surface area contributed by atoms with Crippen molar-refractivity contribution in [1.29, 1.82) is 0 Å². The van der Waals surface area contributed by atoms with Gasteiger partial charge in [-0.05, 0) is 17.7 Å². The fraction of sp³-hybridized carbons (Fsp3) is 0.318. The number of carboxylic acids is 1. The number of carboxylic acid groups (broad SMARTS) is 1. The van der Waals surface area contributed by atoms with Gasteiger partial charge in [0.15, 0.2) is 18.5 Å². The third kappa shape index (κ3) is 7.41. The zero-order valence-electron chi connectivity index (χ0n) is 19.3. The van der Waals surface area contributed by atoms with Gasteiger partial charge in [0.1, 0.15) is 23.8 Å². The SMILES string of the molecule is NC(=O)c1ccc[n+]([C@@H]2O[C@H](COP(=O)([O-])O)[C@@H](O)[C@H]2O)c1.N[C@@H](Cc1c[nH]c2ccccc12)C(=O)O. The largest absolute Gasteiger partial charge is 0.756 e. The van der Waals surface area contributed by atoms with E-state index in [0.717, 1.165) is 16.5 Å². The summed E-state index contributed by atoms with van der Waals surface area (Å²) in [7, 11) is -4.97. The monoisotopic (exact) mass is 538 g/mol. The number of aliphatic hydroxyl groups excluding tert-OH is 2. The van der Waals surface area contributed by atoms with Crippen molar-refractivity contribution >= 4 is 30.6 Å². The van der Waals surface area contributed by atoms with Crippen LogP contribution in [-0.4, -0.2) is 68.0 Å². The number of aliphatic carboxylic acids is 1. The lowest BCUT2D eigenvalue weighted by Gasteiger charge is -2.19. The average molecular weight is 538 g/mol. The van der Waals surface area contributed by atoms with E-state index in [2.05, 4.69) is 9.51 Å². The fourth-order valence-corrected chi connectivity index (χ4v) is 4.04. The zero-order chi connectivity index (χ0) is 27.3. The minimum atomic E-state index is -4.97. The Morgan fingerprint density at radius 1 is 1.22 bits per heavy atom. The van der Waals surface area contributed by atoms with Crippen LogP contribution in [0.5, 0.6) is 0 Å². The number of fused-ring (bicyclic) bond motifs is 1. The summed E-state index contributed by atoms with van der Waals surface area (Å²) in [5.74, 6) is -1.66. The number of H-pyrrole nitrogens is 1. The molecule has 0 saturated carbocycles. The first-order chi connectivity index (χ1) is 17.4. The summed E-state index contributed by atoms with van der Waals surface area (Å²) < 4.78 is 21.3. The van der Waals surface area contributed by atoms with Crippen LogP contribution in [0.25, 0.3) is 10.9 Å². The maximum absolute atomic E-state index is 11.1. The predicted octanol–water partition coefficient (Wildman–Crippen LogP) is -1.71. The van der Waals surface area contributed by atoms with Crippen LogP contribution >= 0.6 is 7.82 Å². The van der Waals surface area contributed by atoms with Crippen molar-refractivity contribution in [2.75, 3.05) is 6.61 Å². The number of amides is 1. The van der Waals surface area contributed by atoms with Crippen LogP contribution in [0.2, 0.25) is 0 Å². The summed E-state index contributed by atoms with van der Waals surface area (Å²) in [4.78, 5) is 43.9. The van der Waals surface area contributed by atoms with E-state index in [0.29, 0.717) is 6.42 Å². The van der Waals surface area contributed by atoms with E-state index in [9.17, 15) is 29.3 Å². The molecule has 15 heteroatoms. The minimum absolute atomic E-state index is 0.159. The first-order valence-electron chi connectivity index (χ1n) is 10.9. The lowest BCUT2D eigenvalue weighted by atomic mass is 10.1. The number of nitrogens with zero attached hydrogens (tertiary/aromatic N) is 1. The molecule has 0 aliphatic carbocycles. The van der Waals surface area contributed by atoms with Gasteiger partial charge in [0, 0.05) is 29.6 Å². The molecule has 14 nitrogen and oxygen atoms in total. The normalized spacial score (nSPS) is 23.6. The van der Waals surface area contributed by atoms with Gasteiger partial charge in [-0.1, -0.05) is 18.2 Å². The number of nitrogens with two attached hydrogens (primary N) is 2. The predicted molar refractivity (Wildman–Crippen MR) is 124 cm³/mol. The number of benzene rings is 1. The molecule has 3 aromatic rings. The van der Waals surface area contributed by atoms with Crippen LogP contribution in [0, 0.1) is 0 Å². The molecule has 1 aromatic carbocycles. The number of hydrogen-bond acceptors (Lipinski definition) is 9. The Hall–Kier alpha value is -3.20. The number of rotatable bonds is 8. The van der Waals surface area contributed by atoms with Crippen LogP contribution in [0.4, 0.5) is 0 Å².